The van der Waals surface area contributed by atoms with Crippen LogP contribution in [0.1, 0.15) is 29.0 Å². The van der Waals surface area contributed by atoms with Gasteiger partial charge in [0.25, 0.3) is 0 Å². The molecule has 4 aromatic rings. The van der Waals surface area contributed by atoms with Gasteiger partial charge in [0.1, 0.15) is 5.82 Å². The molecule has 0 saturated carbocycles. The highest BCUT2D eigenvalue weighted by Gasteiger charge is 2.22. The quantitative estimate of drug-likeness (QED) is 0.406. The Morgan fingerprint density at radius 2 is 1.66 bits per heavy atom. The van der Waals surface area contributed by atoms with Crippen molar-refractivity contribution in [3.8, 4) is 11.3 Å². The summed E-state index contributed by atoms with van der Waals surface area (Å²) in [5, 5.41) is 3.51. The van der Waals surface area contributed by atoms with Crippen molar-refractivity contribution in [2.75, 3.05) is 11.9 Å². The summed E-state index contributed by atoms with van der Waals surface area (Å²) < 4.78 is 0. The number of rotatable bonds is 9. The van der Waals surface area contributed by atoms with Gasteiger partial charge in [-0.05, 0) is 29.7 Å². The third-order valence-corrected chi connectivity index (χ3v) is 5.41. The van der Waals surface area contributed by atoms with Crippen LogP contribution < -0.4 is 11.1 Å². The van der Waals surface area contributed by atoms with Crippen molar-refractivity contribution in [1.82, 2.24) is 9.97 Å². The standard InChI is InChI=1S/C27H26N4O/c28-26(32)18-24(22-12-7-16-29-19-22)23-13-14-25(21-10-5-2-6-11-21)31-27(23)30-17-15-20-8-3-1-4-9-20/h1-14,16,19,24H,15,17-18H2,(H2,28,32)(H,30,31). The topological polar surface area (TPSA) is 80.9 Å². The molecular formula is C27H26N4O. The van der Waals surface area contributed by atoms with Crippen molar-refractivity contribution in [3.05, 3.63) is 114 Å². The molecule has 0 spiro atoms. The van der Waals surface area contributed by atoms with E-state index in [-0.39, 0.29) is 18.2 Å². The van der Waals surface area contributed by atoms with E-state index in [1.165, 1.54) is 5.56 Å². The van der Waals surface area contributed by atoms with Crippen molar-refractivity contribution in [1.29, 1.82) is 0 Å². The Morgan fingerprint density at radius 3 is 2.34 bits per heavy atom. The molecule has 0 aliphatic heterocycles. The molecule has 2 aromatic heterocycles. The fraction of sp³-hybridized carbons (Fsp3) is 0.148. The van der Waals surface area contributed by atoms with Crippen LogP contribution in [-0.2, 0) is 11.2 Å². The van der Waals surface area contributed by atoms with Crippen molar-refractivity contribution in [2.24, 2.45) is 5.73 Å². The summed E-state index contributed by atoms with van der Waals surface area (Å²) in [5.41, 5.74) is 10.7. The van der Waals surface area contributed by atoms with Crippen molar-refractivity contribution in [3.63, 3.8) is 0 Å². The van der Waals surface area contributed by atoms with Crippen LogP contribution in [0, 0.1) is 0 Å². The average molecular weight is 423 g/mol. The smallest absolute Gasteiger partial charge is 0.218 e. The van der Waals surface area contributed by atoms with Gasteiger partial charge >= 0.3 is 0 Å². The Hall–Kier alpha value is -3.99. The highest BCUT2D eigenvalue weighted by atomic mass is 16.1. The summed E-state index contributed by atoms with van der Waals surface area (Å²) in [6.45, 7) is 0.721. The lowest BCUT2D eigenvalue weighted by Crippen LogP contribution is -2.18. The Bertz CT molecular complexity index is 1150. The van der Waals surface area contributed by atoms with E-state index in [4.69, 9.17) is 10.7 Å². The normalized spacial score (nSPS) is 11.6. The number of nitrogens with one attached hydrogen (secondary N) is 1. The first-order valence-corrected chi connectivity index (χ1v) is 10.7. The predicted octanol–water partition coefficient (Wildman–Crippen LogP) is 4.81. The van der Waals surface area contributed by atoms with E-state index in [0.29, 0.717) is 0 Å². The maximum atomic E-state index is 11.9. The van der Waals surface area contributed by atoms with Gasteiger partial charge in [0.15, 0.2) is 0 Å². The summed E-state index contributed by atoms with van der Waals surface area (Å²) in [6, 6.07) is 28.3. The van der Waals surface area contributed by atoms with Gasteiger partial charge in [0.05, 0.1) is 5.69 Å². The third-order valence-electron chi connectivity index (χ3n) is 5.41. The molecule has 2 heterocycles. The molecule has 4 rings (SSSR count). The Labute approximate surface area is 188 Å². The minimum absolute atomic E-state index is 0.186. The third kappa shape index (κ3) is 5.38. The van der Waals surface area contributed by atoms with Crippen LogP contribution >= 0.6 is 0 Å². The second-order valence-corrected chi connectivity index (χ2v) is 7.67. The number of anilines is 1. The van der Waals surface area contributed by atoms with E-state index in [1.807, 2.05) is 72.8 Å². The van der Waals surface area contributed by atoms with E-state index >= 15 is 0 Å². The number of hydrogen-bond donors (Lipinski definition) is 2. The fourth-order valence-corrected chi connectivity index (χ4v) is 3.82. The molecule has 160 valence electrons. The van der Waals surface area contributed by atoms with Crippen LogP contribution in [0.3, 0.4) is 0 Å². The number of aromatic nitrogens is 2. The highest BCUT2D eigenvalue weighted by Crippen LogP contribution is 2.33. The van der Waals surface area contributed by atoms with Crippen molar-refractivity contribution < 1.29 is 4.79 Å². The van der Waals surface area contributed by atoms with Crippen LogP contribution in [0.4, 0.5) is 5.82 Å². The first-order chi connectivity index (χ1) is 15.7. The first kappa shape index (κ1) is 21.2. The number of carbonyl (C=O) groups is 1. The van der Waals surface area contributed by atoms with Gasteiger partial charge in [-0.3, -0.25) is 9.78 Å². The molecule has 0 aliphatic rings. The van der Waals surface area contributed by atoms with Gasteiger partial charge in [-0.2, -0.15) is 0 Å². The van der Waals surface area contributed by atoms with Gasteiger partial charge in [-0.1, -0.05) is 72.8 Å². The predicted molar refractivity (Wildman–Crippen MR) is 128 cm³/mol. The number of amides is 1. The van der Waals surface area contributed by atoms with E-state index in [9.17, 15) is 4.79 Å². The molecule has 1 amide bonds. The number of pyridine rings is 2. The van der Waals surface area contributed by atoms with Crippen molar-refractivity contribution in [2.45, 2.75) is 18.8 Å². The van der Waals surface area contributed by atoms with Crippen LogP contribution in [0.5, 0.6) is 0 Å². The number of nitrogens with zero attached hydrogens (tertiary/aromatic N) is 2. The minimum Gasteiger partial charge on any atom is -0.370 e. The van der Waals surface area contributed by atoms with Crippen molar-refractivity contribution >= 4 is 11.7 Å². The van der Waals surface area contributed by atoms with E-state index < -0.39 is 0 Å². The average Bonchev–Trinajstić information content (AvgIpc) is 2.84. The largest absolute Gasteiger partial charge is 0.370 e. The monoisotopic (exact) mass is 422 g/mol. The molecular weight excluding hydrogens is 396 g/mol. The van der Waals surface area contributed by atoms with Gasteiger partial charge < -0.3 is 11.1 Å². The lowest BCUT2D eigenvalue weighted by molar-refractivity contribution is -0.118. The molecule has 1 atom stereocenters. The van der Waals surface area contributed by atoms with Gasteiger partial charge in [-0.15, -0.1) is 0 Å². The van der Waals surface area contributed by atoms with Gasteiger partial charge in [0.2, 0.25) is 5.91 Å². The second-order valence-electron chi connectivity index (χ2n) is 7.67. The molecule has 0 aliphatic carbocycles. The van der Waals surface area contributed by atoms with E-state index in [2.05, 4.69) is 22.4 Å². The summed E-state index contributed by atoms with van der Waals surface area (Å²) in [7, 11) is 0. The number of benzene rings is 2. The first-order valence-electron chi connectivity index (χ1n) is 10.7. The van der Waals surface area contributed by atoms with Gasteiger partial charge in [0, 0.05) is 42.4 Å². The lowest BCUT2D eigenvalue weighted by Gasteiger charge is -2.21. The molecule has 0 saturated heterocycles. The Morgan fingerprint density at radius 1 is 0.906 bits per heavy atom. The molecule has 0 radical (unpaired) electrons. The Kier molecular flexibility index (Phi) is 6.88. The summed E-state index contributed by atoms with van der Waals surface area (Å²) in [6.07, 6.45) is 4.56. The van der Waals surface area contributed by atoms with E-state index in [0.717, 1.165) is 41.2 Å². The SMILES string of the molecule is NC(=O)CC(c1cccnc1)c1ccc(-c2ccccc2)nc1NCCc1ccccc1. The Balaban J connectivity index is 1.69. The molecule has 3 N–H and O–H groups in total. The van der Waals surface area contributed by atoms with Crippen LogP contribution in [-0.4, -0.2) is 22.4 Å². The maximum absolute atomic E-state index is 11.9. The number of carbonyl (C=O) groups excluding carboxylic acids is 1. The number of hydrogen-bond acceptors (Lipinski definition) is 4. The fourth-order valence-electron chi connectivity index (χ4n) is 3.82. The minimum atomic E-state index is -0.360. The number of primary amides is 1. The molecule has 0 fully saturated rings. The summed E-state index contributed by atoms with van der Waals surface area (Å²) in [4.78, 5) is 21.1. The molecule has 5 heteroatoms. The zero-order valence-corrected chi connectivity index (χ0v) is 17.8. The molecule has 5 nitrogen and oxygen atoms in total. The van der Waals surface area contributed by atoms with Crippen LogP contribution in [0.2, 0.25) is 0 Å². The molecule has 0 bridgehead atoms. The zero-order chi connectivity index (χ0) is 22.2. The number of nitrogens with two attached hydrogens (primary N) is 1. The lowest BCUT2D eigenvalue weighted by atomic mass is 9.89. The summed E-state index contributed by atoms with van der Waals surface area (Å²) >= 11 is 0. The molecule has 2 aromatic carbocycles. The molecule has 32 heavy (non-hydrogen) atoms. The van der Waals surface area contributed by atoms with Gasteiger partial charge in [-0.25, -0.2) is 4.98 Å². The second kappa shape index (κ2) is 10.4. The zero-order valence-electron chi connectivity index (χ0n) is 17.8. The van der Waals surface area contributed by atoms with Crippen LogP contribution in [0.25, 0.3) is 11.3 Å². The highest BCUT2D eigenvalue weighted by molar-refractivity contribution is 5.76. The van der Waals surface area contributed by atoms with Crippen LogP contribution in [0.15, 0.2) is 97.3 Å². The maximum Gasteiger partial charge on any atom is 0.218 e. The van der Waals surface area contributed by atoms with E-state index in [1.54, 1.807) is 12.4 Å². The molecule has 1 unspecified atom stereocenters. The summed E-state index contributed by atoms with van der Waals surface area (Å²) in [5.74, 6) is 0.177.